The molecule has 0 fully saturated rings. The van der Waals surface area contributed by atoms with E-state index in [9.17, 15) is 82.1 Å². The van der Waals surface area contributed by atoms with E-state index in [1.165, 1.54) is 26.4 Å². The summed E-state index contributed by atoms with van der Waals surface area (Å²) in [5, 5.41) is 57.1. The molecule has 95 heavy (non-hydrogen) atoms. The number of imidazole rings is 1. The van der Waals surface area contributed by atoms with Gasteiger partial charge in [0.15, 0.2) is 11.9 Å². The zero-order chi connectivity index (χ0) is 71.7. The van der Waals surface area contributed by atoms with Crippen molar-refractivity contribution >= 4 is 101 Å². The minimum absolute atomic E-state index is 0.000231. The number of nitrogens with zero attached hydrogens (tertiary/aromatic N) is 3. The first-order chi connectivity index (χ1) is 44.8. The Hall–Kier alpha value is -10.5. The Morgan fingerprint density at radius 1 is 0.495 bits per heavy atom. The molecule has 1 aromatic rings. The van der Waals surface area contributed by atoms with Crippen LogP contribution in [0.15, 0.2) is 22.5 Å². The van der Waals surface area contributed by atoms with E-state index < -0.39 is 188 Å². The third kappa shape index (κ3) is 35.8. The topological polar surface area (TPSA) is 723 Å². The predicted octanol–water partition coefficient (Wildman–Crippen LogP) is -11.2. The second-order valence-electron chi connectivity index (χ2n) is 21.4. The van der Waals surface area contributed by atoms with Crippen molar-refractivity contribution in [2.45, 2.75) is 164 Å². The normalized spacial score (nSPS) is 13.9. The zero-order valence-corrected chi connectivity index (χ0v) is 52.7. The van der Waals surface area contributed by atoms with Crippen molar-refractivity contribution in [1.29, 1.82) is 0 Å². The number of carboxylic acid groups (broad SMARTS) is 2. The summed E-state index contributed by atoms with van der Waals surface area (Å²) in [5.41, 5.74) is 44.3. The molecular formula is C53H92N24O18. The molecule has 0 aromatic carbocycles. The van der Waals surface area contributed by atoms with Crippen LogP contribution in [0.4, 0.5) is 4.79 Å². The summed E-state index contributed by atoms with van der Waals surface area (Å²) >= 11 is 0. The standard InChI is InChI=1S/C53H92N24O18/c1-26(41(84)70-27(2)50(93)94)69-45(88)33(11-6-18-64-52(59)60)75-49(92)36(24-78)77-46(89)32(8-3-4-16-54)72-39(81)23-66-43(86)30(9-7-19-65-53(61)95)71-38(80)22-67-44(87)31(10-5-17-63-51(57)58)74-48(91)35(13-15-40(82)83)76-47(90)34(12-14-37(56)79)73-42(85)29(55)20-28-21-62-25-68-28/h21,25-27,29-36,78H,3-20,22-24,54-55H2,1-2H3,(H2,56,79)(H,62,68)(H,66,86)(H,67,87)(H,69,88)(H,70,84)(H,71,80)(H,72,81)(H,73,85)(H,74,91)(H,75,92)(H,76,90)(H,77,89)(H,82,83)(H,93,94)(H4,57,58,63)(H4,59,60,64)(H3,61,65,95)/t26-,27-,29-,30-,31-,32-,33-,34-,35-,36-/m0/s1. The minimum atomic E-state index is -1.77. The van der Waals surface area contributed by atoms with Crippen molar-refractivity contribution in [1.82, 2.24) is 73.8 Å². The Bertz CT molecular complexity index is 2820. The van der Waals surface area contributed by atoms with Crippen LogP contribution in [0.3, 0.4) is 0 Å². The van der Waals surface area contributed by atoms with Gasteiger partial charge >= 0.3 is 18.0 Å². The van der Waals surface area contributed by atoms with E-state index >= 15 is 0 Å². The third-order valence-corrected chi connectivity index (χ3v) is 13.4. The van der Waals surface area contributed by atoms with E-state index in [4.69, 9.17) is 51.0 Å². The molecule has 32 N–H and O–H groups in total. The number of amides is 14. The lowest BCUT2D eigenvalue weighted by molar-refractivity contribution is -0.141. The van der Waals surface area contributed by atoms with Crippen molar-refractivity contribution in [3.63, 3.8) is 0 Å². The fourth-order valence-corrected chi connectivity index (χ4v) is 8.32. The van der Waals surface area contributed by atoms with Crippen LogP contribution in [0.5, 0.6) is 0 Å². The first-order valence-electron chi connectivity index (χ1n) is 30.0. The van der Waals surface area contributed by atoms with Crippen LogP contribution in [0.2, 0.25) is 0 Å². The number of carbonyl (C=O) groups is 15. The summed E-state index contributed by atoms with van der Waals surface area (Å²) in [5.74, 6) is -15.3. The monoisotopic (exact) mass is 1350 g/mol. The lowest BCUT2D eigenvalue weighted by Crippen LogP contribution is -2.59. The average molecular weight is 1350 g/mol. The summed E-state index contributed by atoms with van der Waals surface area (Å²) in [7, 11) is 0. The number of hydrogen-bond acceptors (Lipinski definition) is 21. The molecule has 14 amide bonds. The molecule has 42 nitrogen and oxygen atoms in total. The zero-order valence-electron chi connectivity index (χ0n) is 52.7. The van der Waals surface area contributed by atoms with Crippen LogP contribution in [0.1, 0.15) is 103 Å². The number of H-pyrrole nitrogens is 1. The number of aliphatic imine (C=N–C) groups is 2. The molecule has 10 atom stereocenters. The van der Waals surface area contributed by atoms with Gasteiger partial charge < -0.3 is 130 Å². The molecule has 0 unspecified atom stereocenters. The number of unbranched alkanes of at least 4 members (excludes halogenated alkanes) is 1. The summed E-state index contributed by atoms with van der Waals surface area (Å²) in [6.07, 6.45) is 0.465. The number of rotatable bonds is 48. The highest BCUT2D eigenvalue weighted by molar-refractivity contribution is 5.98. The van der Waals surface area contributed by atoms with E-state index in [-0.39, 0.29) is 102 Å². The Labute approximate surface area is 544 Å². The van der Waals surface area contributed by atoms with Gasteiger partial charge in [-0.15, -0.1) is 0 Å². The number of hydrogen-bond donors (Lipinski definition) is 24. The molecule has 1 heterocycles. The molecule has 0 aliphatic carbocycles. The van der Waals surface area contributed by atoms with Crippen molar-refractivity contribution in [2.24, 2.45) is 55.9 Å². The predicted molar refractivity (Wildman–Crippen MR) is 335 cm³/mol. The van der Waals surface area contributed by atoms with Gasteiger partial charge in [-0.1, -0.05) is 0 Å². The first-order valence-corrected chi connectivity index (χ1v) is 30.0. The van der Waals surface area contributed by atoms with Crippen LogP contribution in [-0.4, -0.2) is 232 Å². The maximum absolute atomic E-state index is 13.9. The van der Waals surface area contributed by atoms with Gasteiger partial charge in [-0.3, -0.25) is 77.1 Å². The molecule has 0 radical (unpaired) electrons. The molecule has 0 aliphatic rings. The lowest BCUT2D eigenvalue weighted by atomic mass is 10.0. The number of guanidine groups is 2. The number of aliphatic hydroxyl groups excluding tert-OH is 1. The van der Waals surface area contributed by atoms with E-state index in [2.05, 4.69) is 83.8 Å². The Morgan fingerprint density at radius 3 is 1.37 bits per heavy atom. The van der Waals surface area contributed by atoms with Gasteiger partial charge in [0.1, 0.15) is 54.4 Å². The molecular weight excluding hydrogens is 1260 g/mol. The number of aliphatic carboxylic acids is 2. The molecule has 0 aliphatic heterocycles. The van der Waals surface area contributed by atoms with Crippen LogP contribution in [0.25, 0.3) is 0 Å². The van der Waals surface area contributed by atoms with Crippen molar-refractivity contribution in [3.8, 4) is 0 Å². The number of carboxylic acids is 2. The van der Waals surface area contributed by atoms with Crippen LogP contribution < -0.4 is 110 Å². The van der Waals surface area contributed by atoms with Crippen molar-refractivity contribution in [2.75, 3.05) is 45.9 Å². The number of nitrogens with two attached hydrogens (primary N) is 8. The number of aromatic nitrogens is 2. The van der Waals surface area contributed by atoms with E-state index in [1.54, 1.807) is 0 Å². The van der Waals surface area contributed by atoms with Crippen molar-refractivity contribution in [3.05, 3.63) is 18.2 Å². The number of aromatic amines is 1. The van der Waals surface area contributed by atoms with E-state index in [1.807, 2.05) is 0 Å². The second kappa shape index (κ2) is 44.9. The molecule has 532 valence electrons. The first kappa shape index (κ1) is 82.5. The highest BCUT2D eigenvalue weighted by Crippen LogP contribution is 2.09. The van der Waals surface area contributed by atoms with Gasteiger partial charge in [-0.2, -0.15) is 0 Å². The van der Waals surface area contributed by atoms with E-state index in [0.717, 1.165) is 0 Å². The maximum Gasteiger partial charge on any atom is 0.325 e. The highest BCUT2D eigenvalue weighted by Gasteiger charge is 2.34. The molecule has 1 rings (SSSR count). The Morgan fingerprint density at radius 2 is 0.916 bits per heavy atom. The summed E-state index contributed by atoms with van der Waals surface area (Å²) in [6.45, 7) is -0.420. The number of primary amides is 2. The highest BCUT2D eigenvalue weighted by atomic mass is 16.4. The summed E-state index contributed by atoms with van der Waals surface area (Å²) < 4.78 is 0. The number of urea groups is 1. The maximum atomic E-state index is 13.9. The minimum Gasteiger partial charge on any atom is -0.481 e. The molecule has 42 heteroatoms. The Kier molecular flexibility index (Phi) is 39.0. The van der Waals surface area contributed by atoms with Gasteiger partial charge in [-0.05, 0) is 91.0 Å². The average Bonchev–Trinajstić information content (AvgIpc) is 1.25. The van der Waals surface area contributed by atoms with Gasteiger partial charge in [-0.25, -0.2) is 9.78 Å². The van der Waals surface area contributed by atoms with Crippen LogP contribution >= 0.6 is 0 Å². The van der Waals surface area contributed by atoms with Crippen LogP contribution in [0, 0.1) is 0 Å². The molecule has 0 saturated heterocycles. The number of aliphatic hydroxyl groups is 1. The van der Waals surface area contributed by atoms with Gasteiger partial charge in [0, 0.05) is 50.8 Å². The fourth-order valence-electron chi connectivity index (χ4n) is 8.32. The van der Waals surface area contributed by atoms with Gasteiger partial charge in [0.25, 0.3) is 0 Å². The molecule has 0 spiro atoms. The lowest BCUT2D eigenvalue weighted by Gasteiger charge is -2.26. The fraction of sp³-hybridized carbons (Fsp3) is 0.623. The van der Waals surface area contributed by atoms with E-state index in [0.29, 0.717) is 12.1 Å². The summed E-state index contributed by atoms with van der Waals surface area (Å²) in [4.78, 5) is 209. The smallest absolute Gasteiger partial charge is 0.325 e. The van der Waals surface area contributed by atoms with Crippen molar-refractivity contribution < 1.29 is 87.2 Å². The number of carbonyl (C=O) groups excluding carboxylic acids is 13. The Balaban J connectivity index is 3.35. The largest absolute Gasteiger partial charge is 0.481 e. The molecule has 1 aromatic heterocycles. The molecule has 0 saturated carbocycles. The van der Waals surface area contributed by atoms with Gasteiger partial charge in [0.05, 0.1) is 32.1 Å². The molecule has 0 bridgehead atoms. The van der Waals surface area contributed by atoms with Gasteiger partial charge in [0.2, 0.25) is 70.9 Å². The number of nitrogens with one attached hydrogen (secondary N) is 13. The summed E-state index contributed by atoms with van der Waals surface area (Å²) in [6, 6.07) is -15.8. The quantitative estimate of drug-likeness (QED) is 0.0164. The third-order valence-electron chi connectivity index (χ3n) is 13.4. The SMILES string of the molecule is C[C@H](NC(=O)[C@H](C)NC(=O)[C@H](CCCN=C(N)N)NC(=O)[C@H](CO)NC(=O)[C@H](CCCCN)NC(=O)CNC(=O)[C@H](CCCNC(N)=O)NC(=O)CNC(=O)[C@H](CCCN=C(N)N)NC(=O)[C@H](CCC(=O)O)NC(=O)[C@H](CCC(N)=O)NC(=O)[C@@H](N)Cc1cnc[nH]1)C(=O)O. The van der Waals surface area contributed by atoms with Crippen LogP contribution in [-0.2, 0) is 73.5 Å². The second-order valence-corrected chi connectivity index (χ2v) is 21.4.